The first-order valence-electron chi connectivity index (χ1n) is 5.67. The van der Waals surface area contributed by atoms with Crippen LogP contribution in [0.1, 0.15) is 5.56 Å². The van der Waals surface area contributed by atoms with Gasteiger partial charge in [0.05, 0.1) is 7.11 Å². The molecular formula is C14H15NO2S. The number of carbonyl (C=O) groups is 1. The van der Waals surface area contributed by atoms with E-state index in [4.69, 9.17) is 5.73 Å². The molecule has 0 bridgehead atoms. The van der Waals surface area contributed by atoms with Crippen molar-refractivity contribution >= 4 is 17.3 Å². The fourth-order valence-electron chi connectivity index (χ4n) is 1.84. The van der Waals surface area contributed by atoms with E-state index in [-0.39, 0.29) is 5.97 Å². The summed E-state index contributed by atoms with van der Waals surface area (Å²) in [6.07, 6.45) is 0.487. The Morgan fingerprint density at radius 3 is 2.78 bits per heavy atom. The third kappa shape index (κ3) is 2.78. The topological polar surface area (TPSA) is 52.3 Å². The van der Waals surface area contributed by atoms with Gasteiger partial charge in [0.15, 0.2) is 0 Å². The van der Waals surface area contributed by atoms with Crippen molar-refractivity contribution in [3.63, 3.8) is 0 Å². The highest BCUT2D eigenvalue weighted by Gasteiger charge is 2.16. The van der Waals surface area contributed by atoms with Crippen molar-refractivity contribution in [3.05, 3.63) is 47.3 Å². The SMILES string of the molecule is COC(=O)C(N)Cc1ccccc1-c1cccs1. The zero-order valence-electron chi connectivity index (χ0n) is 10.1. The Hall–Kier alpha value is -1.65. The van der Waals surface area contributed by atoms with Crippen LogP contribution in [0.25, 0.3) is 10.4 Å². The van der Waals surface area contributed by atoms with Gasteiger partial charge in [0.25, 0.3) is 0 Å². The number of carbonyl (C=O) groups excluding carboxylic acids is 1. The average molecular weight is 261 g/mol. The standard InChI is InChI=1S/C14H15NO2S/c1-17-14(16)12(15)9-10-5-2-3-6-11(10)13-7-4-8-18-13/h2-8,12H,9,15H2,1H3. The number of rotatable bonds is 4. The lowest BCUT2D eigenvalue weighted by Crippen LogP contribution is -2.33. The number of esters is 1. The first kappa shape index (κ1) is 12.8. The summed E-state index contributed by atoms with van der Waals surface area (Å²) in [5.41, 5.74) is 8.01. The van der Waals surface area contributed by atoms with Crippen molar-refractivity contribution in [1.29, 1.82) is 0 Å². The maximum Gasteiger partial charge on any atom is 0.322 e. The zero-order chi connectivity index (χ0) is 13.0. The smallest absolute Gasteiger partial charge is 0.322 e. The molecular weight excluding hydrogens is 246 g/mol. The summed E-state index contributed by atoms with van der Waals surface area (Å²) in [6, 6.07) is 11.4. The summed E-state index contributed by atoms with van der Waals surface area (Å²) < 4.78 is 4.65. The molecule has 0 radical (unpaired) electrons. The predicted octanol–water partition coefficient (Wildman–Crippen LogP) is 2.46. The molecule has 0 aliphatic rings. The number of nitrogens with two attached hydrogens (primary N) is 1. The highest BCUT2D eigenvalue weighted by atomic mass is 32.1. The van der Waals surface area contributed by atoms with Crippen LogP contribution in [0.5, 0.6) is 0 Å². The van der Waals surface area contributed by atoms with Gasteiger partial charge in [0, 0.05) is 4.88 Å². The van der Waals surface area contributed by atoms with Crippen molar-refractivity contribution in [2.75, 3.05) is 7.11 Å². The van der Waals surface area contributed by atoms with Crippen molar-refractivity contribution < 1.29 is 9.53 Å². The molecule has 0 saturated heterocycles. The molecule has 18 heavy (non-hydrogen) atoms. The van der Waals surface area contributed by atoms with E-state index in [2.05, 4.69) is 10.8 Å². The first-order chi connectivity index (χ1) is 8.72. The minimum atomic E-state index is -0.615. The quantitative estimate of drug-likeness (QED) is 0.860. The summed E-state index contributed by atoms with van der Waals surface area (Å²) >= 11 is 1.67. The van der Waals surface area contributed by atoms with Gasteiger partial charge < -0.3 is 10.5 Å². The van der Waals surface area contributed by atoms with E-state index in [1.807, 2.05) is 35.7 Å². The third-order valence-electron chi connectivity index (χ3n) is 2.75. The van der Waals surface area contributed by atoms with Gasteiger partial charge in [0.1, 0.15) is 6.04 Å². The Kier molecular flexibility index (Phi) is 4.12. The molecule has 1 aromatic carbocycles. The molecule has 0 fully saturated rings. The summed E-state index contributed by atoms with van der Waals surface area (Å²) in [7, 11) is 1.35. The van der Waals surface area contributed by atoms with E-state index in [0.717, 1.165) is 11.1 Å². The average Bonchev–Trinajstić information content (AvgIpc) is 2.92. The molecule has 94 valence electrons. The van der Waals surface area contributed by atoms with E-state index >= 15 is 0 Å². The molecule has 0 aliphatic carbocycles. The van der Waals surface area contributed by atoms with Gasteiger partial charge in [-0.05, 0) is 29.0 Å². The molecule has 3 nitrogen and oxygen atoms in total. The molecule has 0 amide bonds. The molecule has 1 unspecified atom stereocenters. The molecule has 0 saturated carbocycles. The Morgan fingerprint density at radius 2 is 2.11 bits per heavy atom. The number of ether oxygens (including phenoxy) is 1. The Balaban J connectivity index is 2.26. The fourth-order valence-corrected chi connectivity index (χ4v) is 2.63. The number of benzene rings is 1. The second-order valence-electron chi connectivity index (χ2n) is 3.97. The highest BCUT2D eigenvalue weighted by molar-refractivity contribution is 7.13. The summed E-state index contributed by atoms with van der Waals surface area (Å²) in [4.78, 5) is 12.6. The summed E-state index contributed by atoms with van der Waals surface area (Å²) in [5.74, 6) is -0.379. The van der Waals surface area contributed by atoms with E-state index in [1.165, 1.54) is 12.0 Å². The molecule has 4 heteroatoms. The lowest BCUT2D eigenvalue weighted by molar-refractivity contribution is -0.142. The van der Waals surface area contributed by atoms with Gasteiger partial charge in [-0.1, -0.05) is 30.3 Å². The molecule has 1 atom stereocenters. The number of thiophene rings is 1. The number of hydrogen-bond acceptors (Lipinski definition) is 4. The van der Waals surface area contributed by atoms with Crippen LogP contribution in [0, 0.1) is 0 Å². The van der Waals surface area contributed by atoms with E-state index in [0.29, 0.717) is 6.42 Å². The normalized spacial score (nSPS) is 12.1. The van der Waals surface area contributed by atoms with Crippen molar-refractivity contribution in [1.82, 2.24) is 0 Å². The lowest BCUT2D eigenvalue weighted by atomic mass is 9.99. The van der Waals surface area contributed by atoms with Gasteiger partial charge in [-0.25, -0.2) is 0 Å². The van der Waals surface area contributed by atoms with Gasteiger partial charge in [-0.15, -0.1) is 11.3 Å². The Morgan fingerprint density at radius 1 is 1.33 bits per heavy atom. The second-order valence-corrected chi connectivity index (χ2v) is 4.92. The van der Waals surface area contributed by atoms with Crippen molar-refractivity contribution in [2.24, 2.45) is 5.73 Å². The van der Waals surface area contributed by atoms with Gasteiger partial charge >= 0.3 is 5.97 Å². The molecule has 1 heterocycles. The van der Waals surface area contributed by atoms with Crippen LogP contribution in [-0.2, 0) is 16.0 Å². The zero-order valence-corrected chi connectivity index (χ0v) is 10.9. The van der Waals surface area contributed by atoms with E-state index in [1.54, 1.807) is 11.3 Å². The van der Waals surface area contributed by atoms with Gasteiger partial charge in [0.2, 0.25) is 0 Å². The largest absolute Gasteiger partial charge is 0.468 e. The monoisotopic (exact) mass is 261 g/mol. The predicted molar refractivity (Wildman–Crippen MR) is 73.5 cm³/mol. The lowest BCUT2D eigenvalue weighted by Gasteiger charge is -2.12. The van der Waals surface area contributed by atoms with Crippen molar-refractivity contribution in [2.45, 2.75) is 12.5 Å². The summed E-state index contributed by atoms with van der Waals surface area (Å²) in [6.45, 7) is 0. The maximum atomic E-state index is 11.4. The van der Waals surface area contributed by atoms with E-state index < -0.39 is 6.04 Å². The number of hydrogen-bond donors (Lipinski definition) is 1. The van der Waals surface area contributed by atoms with Crippen LogP contribution in [-0.4, -0.2) is 19.1 Å². The van der Waals surface area contributed by atoms with Crippen LogP contribution in [0.3, 0.4) is 0 Å². The highest BCUT2D eigenvalue weighted by Crippen LogP contribution is 2.28. The molecule has 1 aromatic heterocycles. The van der Waals surface area contributed by atoms with Crippen molar-refractivity contribution in [3.8, 4) is 10.4 Å². The molecule has 2 rings (SSSR count). The van der Waals surface area contributed by atoms with E-state index in [9.17, 15) is 4.79 Å². The maximum absolute atomic E-state index is 11.4. The minimum absolute atomic E-state index is 0.379. The van der Waals surface area contributed by atoms with Crippen LogP contribution in [0.2, 0.25) is 0 Å². The van der Waals surface area contributed by atoms with Crippen LogP contribution < -0.4 is 5.73 Å². The van der Waals surface area contributed by atoms with Gasteiger partial charge in [-0.2, -0.15) is 0 Å². The minimum Gasteiger partial charge on any atom is -0.468 e. The van der Waals surface area contributed by atoms with Crippen LogP contribution in [0.15, 0.2) is 41.8 Å². The number of methoxy groups -OCH3 is 1. The Bertz CT molecular complexity index is 522. The third-order valence-corrected chi connectivity index (χ3v) is 3.65. The first-order valence-corrected chi connectivity index (χ1v) is 6.55. The molecule has 0 aliphatic heterocycles. The van der Waals surface area contributed by atoms with Crippen LogP contribution in [0.4, 0.5) is 0 Å². The fraction of sp³-hybridized carbons (Fsp3) is 0.214. The Labute approximate surface area is 110 Å². The molecule has 2 N–H and O–H groups in total. The van der Waals surface area contributed by atoms with Crippen LogP contribution >= 0.6 is 11.3 Å². The molecule has 0 spiro atoms. The van der Waals surface area contributed by atoms with Gasteiger partial charge in [-0.3, -0.25) is 4.79 Å². The molecule has 2 aromatic rings. The summed E-state index contributed by atoms with van der Waals surface area (Å²) in [5, 5.41) is 2.03. The second kappa shape index (κ2) is 5.80.